The summed E-state index contributed by atoms with van der Waals surface area (Å²) in [5.74, 6) is 1.70. The standard InChI is InChI=1S/C19H30N2O3/c1-5-8-20(9-6-2)14-19(22)21-10-7-15-11-17(23-3)18(24-4)12-16(15)13-21/h11-12H,5-10,13-14H2,1-4H3. The zero-order valence-corrected chi connectivity index (χ0v) is 15.4. The Balaban J connectivity index is 2.07. The van der Waals surface area contributed by atoms with Crippen molar-refractivity contribution in [2.45, 2.75) is 39.7 Å². The Morgan fingerprint density at radius 2 is 1.67 bits per heavy atom. The number of fused-ring (bicyclic) bond motifs is 1. The average Bonchev–Trinajstić information content (AvgIpc) is 2.60. The van der Waals surface area contributed by atoms with Crippen LogP contribution in [0.15, 0.2) is 12.1 Å². The Morgan fingerprint density at radius 3 is 2.21 bits per heavy atom. The molecule has 1 aromatic rings. The summed E-state index contributed by atoms with van der Waals surface area (Å²) in [6.07, 6.45) is 3.02. The number of rotatable bonds is 8. The molecule has 0 unspecified atom stereocenters. The second-order valence-corrected chi connectivity index (χ2v) is 6.32. The lowest BCUT2D eigenvalue weighted by molar-refractivity contribution is -0.133. The maximum absolute atomic E-state index is 12.7. The van der Waals surface area contributed by atoms with E-state index in [2.05, 4.69) is 18.7 Å². The molecule has 2 rings (SSSR count). The van der Waals surface area contributed by atoms with Crippen LogP contribution in [-0.4, -0.2) is 56.1 Å². The van der Waals surface area contributed by atoms with E-state index in [1.165, 1.54) is 5.56 Å². The van der Waals surface area contributed by atoms with E-state index in [0.29, 0.717) is 13.1 Å². The van der Waals surface area contributed by atoms with Crippen LogP contribution in [0.4, 0.5) is 0 Å². The maximum atomic E-state index is 12.7. The minimum atomic E-state index is 0.220. The van der Waals surface area contributed by atoms with Crippen molar-refractivity contribution in [2.24, 2.45) is 0 Å². The molecular weight excluding hydrogens is 304 g/mol. The van der Waals surface area contributed by atoms with Gasteiger partial charge in [-0.2, -0.15) is 0 Å². The minimum Gasteiger partial charge on any atom is -0.493 e. The van der Waals surface area contributed by atoms with Crippen molar-refractivity contribution < 1.29 is 14.3 Å². The number of amides is 1. The number of nitrogens with zero attached hydrogens (tertiary/aromatic N) is 2. The third-order valence-electron chi connectivity index (χ3n) is 4.51. The lowest BCUT2D eigenvalue weighted by Gasteiger charge is -2.31. The highest BCUT2D eigenvalue weighted by molar-refractivity contribution is 5.78. The summed E-state index contributed by atoms with van der Waals surface area (Å²) in [4.78, 5) is 16.9. The highest BCUT2D eigenvalue weighted by Gasteiger charge is 2.23. The summed E-state index contributed by atoms with van der Waals surface area (Å²) in [5, 5.41) is 0. The van der Waals surface area contributed by atoms with Crippen LogP contribution in [0.2, 0.25) is 0 Å². The Bertz CT molecular complexity index is 554. The molecule has 5 heteroatoms. The normalized spacial score (nSPS) is 13.8. The Hall–Kier alpha value is -1.75. The SMILES string of the molecule is CCCN(CCC)CC(=O)N1CCc2cc(OC)c(OC)cc2C1. The summed E-state index contributed by atoms with van der Waals surface area (Å²) in [6.45, 7) is 8.22. The van der Waals surface area contributed by atoms with E-state index in [4.69, 9.17) is 9.47 Å². The molecule has 1 amide bonds. The van der Waals surface area contributed by atoms with Gasteiger partial charge in [-0.25, -0.2) is 0 Å². The van der Waals surface area contributed by atoms with E-state index in [0.717, 1.165) is 56.0 Å². The van der Waals surface area contributed by atoms with Crippen LogP contribution in [0.3, 0.4) is 0 Å². The zero-order chi connectivity index (χ0) is 17.5. The maximum Gasteiger partial charge on any atom is 0.237 e. The fraction of sp³-hybridized carbons (Fsp3) is 0.632. The van der Waals surface area contributed by atoms with E-state index in [-0.39, 0.29) is 5.91 Å². The van der Waals surface area contributed by atoms with Gasteiger partial charge in [-0.1, -0.05) is 13.8 Å². The summed E-state index contributed by atoms with van der Waals surface area (Å²) in [5.41, 5.74) is 2.40. The van der Waals surface area contributed by atoms with Gasteiger partial charge in [0.05, 0.1) is 20.8 Å². The van der Waals surface area contributed by atoms with Crippen LogP contribution in [0.5, 0.6) is 11.5 Å². The van der Waals surface area contributed by atoms with E-state index in [1.807, 2.05) is 17.0 Å². The second kappa shape index (κ2) is 8.92. The molecule has 0 aromatic heterocycles. The van der Waals surface area contributed by atoms with Crippen LogP contribution in [0.1, 0.15) is 37.8 Å². The number of carbonyl (C=O) groups excluding carboxylic acids is 1. The van der Waals surface area contributed by atoms with Crippen molar-refractivity contribution in [3.8, 4) is 11.5 Å². The number of methoxy groups -OCH3 is 2. The molecule has 0 saturated heterocycles. The van der Waals surface area contributed by atoms with Crippen LogP contribution in [0.25, 0.3) is 0 Å². The quantitative estimate of drug-likeness (QED) is 0.733. The van der Waals surface area contributed by atoms with Crippen LogP contribution in [-0.2, 0) is 17.8 Å². The fourth-order valence-electron chi connectivity index (χ4n) is 3.29. The van der Waals surface area contributed by atoms with Gasteiger partial charge < -0.3 is 14.4 Å². The van der Waals surface area contributed by atoms with E-state index < -0.39 is 0 Å². The minimum absolute atomic E-state index is 0.220. The molecule has 0 N–H and O–H groups in total. The first-order chi connectivity index (χ1) is 11.6. The van der Waals surface area contributed by atoms with E-state index >= 15 is 0 Å². The lowest BCUT2D eigenvalue weighted by atomic mass is 9.98. The molecule has 1 heterocycles. The van der Waals surface area contributed by atoms with Gasteiger partial charge in [0, 0.05) is 13.1 Å². The molecule has 0 fully saturated rings. The molecule has 0 spiro atoms. The molecule has 134 valence electrons. The van der Waals surface area contributed by atoms with Gasteiger partial charge in [0.25, 0.3) is 0 Å². The average molecular weight is 334 g/mol. The predicted octanol–water partition coefficient (Wildman–Crippen LogP) is 2.71. The van der Waals surface area contributed by atoms with Gasteiger partial charge in [-0.3, -0.25) is 9.69 Å². The molecule has 0 saturated carbocycles. The van der Waals surface area contributed by atoms with E-state index in [9.17, 15) is 4.79 Å². The molecule has 5 nitrogen and oxygen atoms in total. The van der Waals surface area contributed by atoms with Gasteiger partial charge in [-0.05, 0) is 55.6 Å². The van der Waals surface area contributed by atoms with Crippen LogP contribution in [0, 0.1) is 0 Å². The smallest absolute Gasteiger partial charge is 0.237 e. The monoisotopic (exact) mass is 334 g/mol. The third-order valence-corrected chi connectivity index (χ3v) is 4.51. The van der Waals surface area contributed by atoms with E-state index in [1.54, 1.807) is 14.2 Å². The Kier molecular flexibility index (Phi) is 6.91. The molecule has 0 bridgehead atoms. The molecule has 1 aliphatic rings. The Morgan fingerprint density at radius 1 is 1.08 bits per heavy atom. The largest absolute Gasteiger partial charge is 0.493 e. The fourth-order valence-corrected chi connectivity index (χ4v) is 3.29. The molecule has 0 aliphatic carbocycles. The number of carbonyl (C=O) groups is 1. The topological polar surface area (TPSA) is 42.0 Å². The van der Waals surface area contributed by atoms with Gasteiger partial charge in [0.15, 0.2) is 11.5 Å². The van der Waals surface area contributed by atoms with Gasteiger partial charge in [0.2, 0.25) is 5.91 Å². The number of benzene rings is 1. The first-order valence-corrected chi connectivity index (χ1v) is 8.86. The third kappa shape index (κ3) is 4.41. The molecule has 0 radical (unpaired) electrons. The molecule has 1 aliphatic heterocycles. The molecule has 0 atom stereocenters. The van der Waals surface area contributed by atoms with Crippen molar-refractivity contribution >= 4 is 5.91 Å². The highest BCUT2D eigenvalue weighted by Crippen LogP contribution is 2.33. The van der Waals surface area contributed by atoms with Gasteiger partial charge >= 0.3 is 0 Å². The number of ether oxygens (including phenoxy) is 2. The Labute approximate surface area is 145 Å². The summed E-state index contributed by atoms with van der Waals surface area (Å²) in [7, 11) is 3.29. The zero-order valence-electron chi connectivity index (χ0n) is 15.4. The van der Waals surface area contributed by atoms with Crippen molar-refractivity contribution in [1.29, 1.82) is 0 Å². The summed E-state index contributed by atoms with van der Waals surface area (Å²) < 4.78 is 10.8. The molecular formula is C19H30N2O3. The summed E-state index contributed by atoms with van der Waals surface area (Å²) in [6, 6.07) is 4.04. The van der Waals surface area contributed by atoms with Crippen LogP contribution < -0.4 is 9.47 Å². The van der Waals surface area contributed by atoms with Gasteiger partial charge in [-0.15, -0.1) is 0 Å². The van der Waals surface area contributed by atoms with Gasteiger partial charge in [0.1, 0.15) is 0 Å². The van der Waals surface area contributed by atoms with Crippen LogP contribution >= 0.6 is 0 Å². The second-order valence-electron chi connectivity index (χ2n) is 6.32. The highest BCUT2D eigenvalue weighted by atomic mass is 16.5. The number of hydrogen-bond donors (Lipinski definition) is 0. The van der Waals surface area contributed by atoms with Crippen molar-refractivity contribution in [1.82, 2.24) is 9.80 Å². The van der Waals surface area contributed by atoms with Crippen molar-refractivity contribution in [3.63, 3.8) is 0 Å². The lowest BCUT2D eigenvalue weighted by Crippen LogP contribution is -2.43. The molecule has 24 heavy (non-hydrogen) atoms. The number of hydrogen-bond acceptors (Lipinski definition) is 4. The van der Waals surface area contributed by atoms with Crippen molar-refractivity contribution in [2.75, 3.05) is 40.4 Å². The summed E-state index contributed by atoms with van der Waals surface area (Å²) >= 11 is 0. The molecule has 1 aromatic carbocycles. The van der Waals surface area contributed by atoms with Crippen molar-refractivity contribution in [3.05, 3.63) is 23.3 Å². The predicted molar refractivity (Wildman–Crippen MR) is 95.7 cm³/mol. The first-order valence-electron chi connectivity index (χ1n) is 8.86. The first kappa shape index (κ1) is 18.6.